The minimum atomic E-state index is -0.882. The fourth-order valence-electron chi connectivity index (χ4n) is 2.51. The van der Waals surface area contributed by atoms with Gasteiger partial charge in [-0.3, -0.25) is 9.59 Å². The molecule has 0 bridgehead atoms. The highest BCUT2D eigenvalue weighted by atomic mass is 16.4. The van der Waals surface area contributed by atoms with Crippen LogP contribution >= 0.6 is 0 Å². The van der Waals surface area contributed by atoms with Gasteiger partial charge in [0.1, 0.15) is 6.54 Å². The van der Waals surface area contributed by atoms with Crippen molar-refractivity contribution in [3.63, 3.8) is 0 Å². The molecule has 1 amide bonds. The lowest BCUT2D eigenvalue weighted by atomic mass is 10.2. The number of aliphatic carboxylic acids is 1. The first kappa shape index (κ1) is 16.1. The number of hydrogen-bond donors (Lipinski definition) is 1. The smallest absolute Gasteiger partial charge is 0.305 e. The average molecular weight is 302 g/mol. The van der Waals surface area contributed by atoms with Gasteiger partial charge in [0.05, 0.1) is 6.42 Å². The summed E-state index contributed by atoms with van der Waals surface area (Å²) in [5.41, 5.74) is 1.01. The summed E-state index contributed by atoms with van der Waals surface area (Å²) in [7, 11) is 0. The van der Waals surface area contributed by atoms with E-state index in [9.17, 15) is 9.59 Å². The number of benzene rings is 1. The summed E-state index contributed by atoms with van der Waals surface area (Å²) in [5, 5.41) is 9.93. The minimum Gasteiger partial charge on any atom is -0.481 e. The molecule has 0 spiro atoms. The SMILES string of the molecule is CC(C)CN(CCC(=O)O)C(=O)Cn1ccc2ccccc21. The van der Waals surface area contributed by atoms with E-state index in [1.54, 1.807) is 4.90 Å². The van der Waals surface area contributed by atoms with Crippen molar-refractivity contribution >= 4 is 22.8 Å². The van der Waals surface area contributed by atoms with Gasteiger partial charge in [-0.25, -0.2) is 0 Å². The summed E-state index contributed by atoms with van der Waals surface area (Å²) >= 11 is 0. The number of nitrogens with zero attached hydrogens (tertiary/aromatic N) is 2. The maximum atomic E-state index is 12.5. The highest BCUT2D eigenvalue weighted by molar-refractivity contribution is 5.83. The van der Waals surface area contributed by atoms with Crippen molar-refractivity contribution in [2.24, 2.45) is 5.92 Å². The molecule has 22 heavy (non-hydrogen) atoms. The van der Waals surface area contributed by atoms with E-state index >= 15 is 0 Å². The summed E-state index contributed by atoms with van der Waals surface area (Å²) in [6, 6.07) is 9.87. The summed E-state index contributed by atoms with van der Waals surface area (Å²) in [6.45, 7) is 5.11. The Balaban J connectivity index is 2.10. The number of carbonyl (C=O) groups is 2. The molecular formula is C17H22N2O3. The molecule has 118 valence electrons. The number of rotatable bonds is 7. The van der Waals surface area contributed by atoms with Crippen molar-refractivity contribution in [1.82, 2.24) is 9.47 Å². The van der Waals surface area contributed by atoms with Crippen molar-refractivity contribution in [3.8, 4) is 0 Å². The second-order valence-corrected chi connectivity index (χ2v) is 5.88. The van der Waals surface area contributed by atoms with Gasteiger partial charge in [0.25, 0.3) is 0 Å². The number of hydrogen-bond acceptors (Lipinski definition) is 2. The largest absolute Gasteiger partial charge is 0.481 e. The normalized spacial score (nSPS) is 11.0. The average Bonchev–Trinajstić information content (AvgIpc) is 2.86. The molecule has 0 unspecified atom stereocenters. The first-order valence-electron chi connectivity index (χ1n) is 7.51. The van der Waals surface area contributed by atoms with Gasteiger partial charge in [0.15, 0.2) is 0 Å². The summed E-state index contributed by atoms with van der Waals surface area (Å²) < 4.78 is 1.91. The molecule has 0 aliphatic carbocycles. The molecular weight excluding hydrogens is 280 g/mol. The number of carboxylic acid groups (broad SMARTS) is 1. The third-order valence-corrected chi connectivity index (χ3v) is 3.52. The lowest BCUT2D eigenvalue weighted by Crippen LogP contribution is -2.38. The van der Waals surface area contributed by atoms with Gasteiger partial charge in [-0.2, -0.15) is 0 Å². The molecule has 0 saturated carbocycles. The number of carbonyl (C=O) groups excluding carboxylic acids is 1. The Morgan fingerprint density at radius 1 is 1.23 bits per heavy atom. The number of aromatic nitrogens is 1. The zero-order valence-corrected chi connectivity index (χ0v) is 13.0. The van der Waals surface area contributed by atoms with E-state index in [1.807, 2.05) is 54.9 Å². The van der Waals surface area contributed by atoms with Crippen LogP contribution in [-0.2, 0) is 16.1 Å². The van der Waals surface area contributed by atoms with Gasteiger partial charge in [0.2, 0.25) is 5.91 Å². The summed E-state index contributed by atoms with van der Waals surface area (Å²) in [5.74, 6) is -0.622. The topological polar surface area (TPSA) is 62.5 Å². The monoisotopic (exact) mass is 302 g/mol. The van der Waals surface area contributed by atoms with Crippen LogP contribution < -0.4 is 0 Å². The molecule has 2 aromatic rings. The van der Waals surface area contributed by atoms with Crippen LogP contribution in [0.1, 0.15) is 20.3 Å². The Morgan fingerprint density at radius 2 is 1.95 bits per heavy atom. The first-order chi connectivity index (χ1) is 10.5. The fraction of sp³-hybridized carbons (Fsp3) is 0.412. The standard InChI is InChI=1S/C17H22N2O3/c1-13(2)11-19(10-8-17(21)22)16(20)12-18-9-7-14-5-3-4-6-15(14)18/h3-7,9,13H,8,10-12H2,1-2H3,(H,21,22). The molecule has 1 heterocycles. The lowest BCUT2D eigenvalue weighted by Gasteiger charge is -2.24. The fourth-order valence-corrected chi connectivity index (χ4v) is 2.51. The van der Waals surface area contributed by atoms with Crippen LogP contribution in [0.2, 0.25) is 0 Å². The highest BCUT2D eigenvalue weighted by Crippen LogP contribution is 2.15. The molecule has 0 aliphatic heterocycles. The van der Waals surface area contributed by atoms with Crippen molar-refractivity contribution in [2.75, 3.05) is 13.1 Å². The molecule has 0 fully saturated rings. The zero-order valence-electron chi connectivity index (χ0n) is 13.0. The third kappa shape index (κ3) is 4.10. The molecule has 1 N–H and O–H groups in total. The Kier molecular flexibility index (Phi) is 5.20. The zero-order chi connectivity index (χ0) is 16.1. The van der Waals surface area contributed by atoms with Gasteiger partial charge in [-0.1, -0.05) is 32.0 Å². The van der Waals surface area contributed by atoms with Crippen LogP contribution in [0.15, 0.2) is 36.5 Å². The highest BCUT2D eigenvalue weighted by Gasteiger charge is 2.17. The molecule has 2 rings (SSSR count). The van der Waals surface area contributed by atoms with Crippen molar-refractivity contribution in [3.05, 3.63) is 36.5 Å². The van der Waals surface area contributed by atoms with Crippen LogP contribution in [0.3, 0.4) is 0 Å². The first-order valence-corrected chi connectivity index (χ1v) is 7.51. The van der Waals surface area contributed by atoms with E-state index in [0.717, 1.165) is 10.9 Å². The van der Waals surface area contributed by atoms with E-state index in [0.29, 0.717) is 12.5 Å². The van der Waals surface area contributed by atoms with E-state index in [2.05, 4.69) is 0 Å². The van der Waals surface area contributed by atoms with Crippen molar-refractivity contribution in [2.45, 2.75) is 26.8 Å². The van der Waals surface area contributed by atoms with Gasteiger partial charge in [-0.15, -0.1) is 0 Å². The van der Waals surface area contributed by atoms with Crippen LogP contribution in [0.4, 0.5) is 0 Å². The van der Waals surface area contributed by atoms with Crippen LogP contribution in [0.5, 0.6) is 0 Å². The number of para-hydroxylation sites is 1. The molecule has 0 radical (unpaired) electrons. The number of amides is 1. The summed E-state index contributed by atoms with van der Waals surface area (Å²) in [6.07, 6.45) is 1.87. The second-order valence-electron chi connectivity index (χ2n) is 5.88. The molecule has 1 aromatic carbocycles. The maximum absolute atomic E-state index is 12.5. The molecule has 0 atom stereocenters. The van der Waals surface area contributed by atoms with E-state index in [4.69, 9.17) is 5.11 Å². The van der Waals surface area contributed by atoms with Gasteiger partial charge in [0, 0.05) is 24.8 Å². The van der Waals surface area contributed by atoms with Crippen molar-refractivity contribution in [1.29, 1.82) is 0 Å². The predicted molar refractivity (Wildman–Crippen MR) is 85.6 cm³/mol. The second kappa shape index (κ2) is 7.11. The Bertz CT molecular complexity index is 661. The quantitative estimate of drug-likeness (QED) is 0.855. The van der Waals surface area contributed by atoms with E-state index in [-0.39, 0.29) is 25.4 Å². The molecule has 0 saturated heterocycles. The van der Waals surface area contributed by atoms with Crippen LogP contribution in [0, 0.1) is 5.92 Å². The van der Waals surface area contributed by atoms with E-state index < -0.39 is 5.97 Å². The Hall–Kier alpha value is -2.30. The molecule has 0 aliphatic rings. The van der Waals surface area contributed by atoms with E-state index in [1.165, 1.54) is 0 Å². The minimum absolute atomic E-state index is 0.0229. The maximum Gasteiger partial charge on any atom is 0.305 e. The third-order valence-electron chi connectivity index (χ3n) is 3.52. The molecule has 1 aromatic heterocycles. The van der Waals surface area contributed by atoms with Gasteiger partial charge in [-0.05, 0) is 23.4 Å². The Labute approximate surface area is 130 Å². The van der Waals surface area contributed by atoms with Gasteiger partial charge >= 0.3 is 5.97 Å². The number of carboxylic acids is 1. The summed E-state index contributed by atoms with van der Waals surface area (Å²) in [4.78, 5) is 24.9. The molecule has 5 heteroatoms. The van der Waals surface area contributed by atoms with Crippen molar-refractivity contribution < 1.29 is 14.7 Å². The number of fused-ring (bicyclic) bond motifs is 1. The van der Waals surface area contributed by atoms with Crippen LogP contribution in [-0.4, -0.2) is 39.5 Å². The molecule has 5 nitrogen and oxygen atoms in total. The predicted octanol–water partition coefficient (Wildman–Crippen LogP) is 2.60. The van der Waals surface area contributed by atoms with Crippen LogP contribution in [0.25, 0.3) is 10.9 Å². The van der Waals surface area contributed by atoms with Gasteiger partial charge < -0.3 is 14.6 Å². The Morgan fingerprint density at radius 3 is 2.64 bits per heavy atom. The lowest BCUT2D eigenvalue weighted by molar-refractivity contribution is -0.138.